The molecular formula is C21H35F2IN6. The van der Waals surface area contributed by atoms with Crippen molar-refractivity contribution in [1.29, 1.82) is 0 Å². The highest BCUT2D eigenvalue weighted by atomic mass is 127. The Morgan fingerprint density at radius 1 is 1.17 bits per heavy atom. The first-order valence-electron chi connectivity index (χ1n) is 10.6. The van der Waals surface area contributed by atoms with Crippen molar-refractivity contribution in [1.82, 2.24) is 20.4 Å². The number of likely N-dealkylation sites (N-methyl/N-ethyl adjacent to an activating group) is 1. The van der Waals surface area contributed by atoms with E-state index in [0.717, 1.165) is 51.6 Å². The summed E-state index contributed by atoms with van der Waals surface area (Å²) >= 11 is 0. The van der Waals surface area contributed by atoms with Gasteiger partial charge in [0, 0.05) is 57.9 Å². The molecule has 3 rings (SSSR count). The van der Waals surface area contributed by atoms with E-state index in [2.05, 4.69) is 34.4 Å². The zero-order valence-electron chi connectivity index (χ0n) is 18.2. The third kappa shape index (κ3) is 6.65. The van der Waals surface area contributed by atoms with Crippen molar-refractivity contribution in [3.63, 3.8) is 0 Å². The molecule has 0 bridgehead atoms. The second kappa shape index (κ2) is 12.0. The number of guanidine groups is 1. The molecule has 2 fully saturated rings. The van der Waals surface area contributed by atoms with Crippen molar-refractivity contribution in [3.8, 4) is 0 Å². The Bertz CT molecular complexity index is 676. The van der Waals surface area contributed by atoms with Gasteiger partial charge < -0.3 is 20.4 Å². The van der Waals surface area contributed by atoms with Crippen molar-refractivity contribution in [2.24, 2.45) is 4.99 Å². The maximum atomic E-state index is 14.1. The third-order valence-electron chi connectivity index (χ3n) is 5.80. The molecule has 0 aromatic heterocycles. The van der Waals surface area contributed by atoms with Crippen LogP contribution in [0.4, 0.5) is 14.5 Å². The van der Waals surface area contributed by atoms with Crippen molar-refractivity contribution < 1.29 is 8.78 Å². The fourth-order valence-electron chi connectivity index (χ4n) is 3.99. The number of para-hydroxylation sites is 1. The molecule has 2 saturated heterocycles. The lowest BCUT2D eigenvalue weighted by molar-refractivity contribution is 0.122. The van der Waals surface area contributed by atoms with Crippen molar-refractivity contribution in [2.45, 2.75) is 32.4 Å². The molecule has 30 heavy (non-hydrogen) atoms. The zero-order valence-corrected chi connectivity index (χ0v) is 20.5. The summed E-state index contributed by atoms with van der Waals surface area (Å²) in [5, 5.41) is 6.74. The van der Waals surface area contributed by atoms with Gasteiger partial charge in [-0.25, -0.2) is 8.78 Å². The summed E-state index contributed by atoms with van der Waals surface area (Å²) in [5.41, 5.74) is 0.0717. The number of benzene rings is 1. The van der Waals surface area contributed by atoms with Crippen LogP contribution in [-0.2, 0) is 0 Å². The molecule has 2 unspecified atom stereocenters. The summed E-state index contributed by atoms with van der Waals surface area (Å²) < 4.78 is 28.2. The van der Waals surface area contributed by atoms with Gasteiger partial charge in [0.25, 0.3) is 0 Å². The fraction of sp³-hybridized carbons (Fsp3) is 0.667. The standard InChI is InChI=1S/C21H34F2N6.HI/c1-4-24-21(25-14-16(2)28-12-10-27(3)11-13-28)26-17-8-9-29(15-17)20-18(22)6-5-7-19(20)23;/h5-7,16-17H,4,8-15H2,1-3H3,(H2,24,25,26);1H. The molecule has 2 aliphatic rings. The van der Waals surface area contributed by atoms with E-state index < -0.39 is 11.6 Å². The van der Waals surface area contributed by atoms with Gasteiger partial charge in [-0.15, -0.1) is 24.0 Å². The van der Waals surface area contributed by atoms with E-state index in [1.54, 1.807) is 4.90 Å². The van der Waals surface area contributed by atoms with Crippen LogP contribution in [0.5, 0.6) is 0 Å². The number of hydrogen-bond donors (Lipinski definition) is 2. The molecule has 2 atom stereocenters. The lowest BCUT2D eigenvalue weighted by Gasteiger charge is -2.36. The monoisotopic (exact) mass is 536 g/mol. The minimum atomic E-state index is -0.507. The molecule has 2 heterocycles. The quantitative estimate of drug-likeness (QED) is 0.332. The van der Waals surface area contributed by atoms with Gasteiger partial charge in [-0.2, -0.15) is 0 Å². The number of nitrogens with one attached hydrogen (secondary N) is 2. The van der Waals surface area contributed by atoms with Crippen molar-refractivity contribution >= 4 is 35.6 Å². The molecule has 2 aliphatic heterocycles. The fourth-order valence-corrected chi connectivity index (χ4v) is 3.99. The number of piperazine rings is 1. The Labute approximate surface area is 196 Å². The van der Waals surface area contributed by atoms with Crippen LogP contribution in [0.3, 0.4) is 0 Å². The van der Waals surface area contributed by atoms with Crippen LogP contribution in [0, 0.1) is 11.6 Å². The van der Waals surface area contributed by atoms with Crippen LogP contribution >= 0.6 is 24.0 Å². The summed E-state index contributed by atoms with van der Waals surface area (Å²) in [6.45, 7) is 11.3. The number of aliphatic imine (C=N–C) groups is 1. The molecule has 0 aliphatic carbocycles. The average molecular weight is 536 g/mol. The number of anilines is 1. The second-order valence-corrected chi connectivity index (χ2v) is 8.05. The predicted molar refractivity (Wildman–Crippen MR) is 130 cm³/mol. The van der Waals surface area contributed by atoms with Crippen LogP contribution in [0.25, 0.3) is 0 Å². The number of halogens is 3. The Morgan fingerprint density at radius 3 is 2.47 bits per heavy atom. The molecule has 1 aromatic carbocycles. The first-order chi connectivity index (χ1) is 14.0. The van der Waals surface area contributed by atoms with Gasteiger partial charge in [0.2, 0.25) is 0 Å². The lowest BCUT2D eigenvalue weighted by Crippen LogP contribution is -2.49. The molecule has 2 N–H and O–H groups in total. The Balaban J connectivity index is 0.00000320. The van der Waals surface area contributed by atoms with Crippen LogP contribution < -0.4 is 15.5 Å². The summed E-state index contributed by atoms with van der Waals surface area (Å²) in [6.07, 6.45) is 0.812. The predicted octanol–water partition coefficient (Wildman–Crippen LogP) is 2.35. The van der Waals surface area contributed by atoms with Crippen LogP contribution in [-0.4, -0.2) is 87.2 Å². The molecular weight excluding hydrogens is 501 g/mol. The van der Waals surface area contributed by atoms with Crippen LogP contribution in [0.1, 0.15) is 20.3 Å². The smallest absolute Gasteiger partial charge is 0.191 e. The first-order valence-corrected chi connectivity index (χ1v) is 10.6. The Hall–Kier alpha value is -1.20. The van der Waals surface area contributed by atoms with Crippen molar-refractivity contribution in [2.75, 3.05) is 64.3 Å². The normalized spacial score (nSPS) is 22.0. The maximum Gasteiger partial charge on any atom is 0.191 e. The van der Waals surface area contributed by atoms with Gasteiger partial charge in [0.05, 0.1) is 6.54 Å². The molecule has 0 amide bonds. The lowest BCUT2D eigenvalue weighted by atomic mass is 10.2. The Morgan fingerprint density at radius 2 is 1.83 bits per heavy atom. The van der Waals surface area contributed by atoms with Crippen LogP contribution in [0.15, 0.2) is 23.2 Å². The third-order valence-corrected chi connectivity index (χ3v) is 5.80. The average Bonchev–Trinajstić information content (AvgIpc) is 3.14. The van der Waals surface area contributed by atoms with E-state index in [-0.39, 0.29) is 35.7 Å². The topological polar surface area (TPSA) is 46.1 Å². The molecule has 0 saturated carbocycles. The Kier molecular flexibility index (Phi) is 10.0. The summed E-state index contributed by atoms with van der Waals surface area (Å²) in [5.74, 6) is -0.242. The molecule has 6 nitrogen and oxygen atoms in total. The molecule has 1 aromatic rings. The van der Waals surface area contributed by atoms with E-state index >= 15 is 0 Å². The maximum absolute atomic E-state index is 14.1. The van der Waals surface area contributed by atoms with E-state index in [1.807, 2.05) is 6.92 Å². The summed E-state index contributed by atoms with van der Waals surface area (Å²) in [6, 6.07) is 4.50. The van der Waals surface area contributed by atoms with Gasteiger partial charge in [0.1, 0.15) is 17.3 Å². The SMILES string of the molecule is CCNC(=NCC(C)N1CCN(C)CC1)NC1CCN(c2c(F)cccc2F)C1.I. The summed E-state index contributed by atoms with van der Waals surface area (Å²) in [4.78, 5) is 11.4. The molecule has 0 radical (unpaired) electrons. The van der Waals surface area contributed by atoms with E-state index in [0.29, 0.717) is 19.1 Å². The van der Waals surface area contributed by atoms with E-state index in [1.165, 1.54) is 18.2 Å². The summed E-state index contributed by atoms with van der Waals surface area (Å²) in [7, 11) is 2.16. The molecule has 170 valence electrons. The van der Waals surface area contributed by atoms with E-state index in [4.69, 9.17) is 4.99 Å². The highest BCUT2D eigenvalue weighted by Gasteiger charge is 2.27. The van der Waals surface area contributed by atoms with Gasteiger partial charge in [0.15, 0.2) is 5.96 Å². The molecule has 0 spiro atoms. The van der Waals surface area contributed by atoms with Crippen molar-refractivity contribution in [3.05, 3.63) is 29.8 Å². The molecule has 9 heteroatoms. The number of nitrogens with zero attached hydrogens (tertiary/aromatic N) is 4. The minimum absolute atomic E-state index is 0. The largest absolute Gasteiger partial charge is 0.365 e. The minimum Gasteiger partial charge on any atom is -0.365 e. The number of rotatable bonds is 6. The zero-order chi connectivity index (χ0) is 20.8. The highest BCUT2D eigenvalue weighted by Crippen LogP contribution is 2.26. The van der Waals surface area contributed by atoms with Gasteiger partial charge >= 0.3 is 0 Å². The highest BCUT2D eigenvalue weighted by molar-refractivity contribution is 14.0. The van der Waals surface area contributed by atoms with Gasteiger partial charge in [-0.3, -0.25) is 9.89 Å². The van der Waals surface area contributed by atoms with Crippen LogP contribution in [0.2, 0.25) is 0 Å². The van der Waals surface area contributed by atoms with E-state index in [9.17, 15) is 8.78 Å². The van der Waals surface area contributed by atoms with Gasteiger partial charge in [-0.1, -0.05) is 6.07 Å². The first kappa shape index (κ1) is 25.1. The second-order valence-electron chi connectivity index (χ2n) is 8.05. The number of hydrogen-bond acceptors (Lipinski definition) is 4. The van der Waals surface area contributed by atoms with Gasteiger partial charge in [-0.05, 0) is 39.4 Å².